The summed E-state index contributed by atoms with van der Waals surface area (Å²) in [5.74, 6) is -0.769. The quantitative estimate of drug-likeness (QED) is 0.462. The van der Waals surface area contributed by atoms with Gasteiger partial charge in [-0.1, -0.05) is 23.5 Å². The number of halogens is 1. The molecule has 4 rings (SSSR count). The molecule has 0 bridgehead atoms. The predicted molar refractivity (Wildman–Crippen MR) is 115 cm³/mol. The first-order valence-corrected chi connectivity index (χ1v) is 10.4. The van der Waals surface area contributed by atoms with Crippen molar-refractivity contribution in [1.82, 2.24) is 15.1 Å². The third-order valence-electron chi connectivity index (χ3n) is 4.91. The lowest BCUT2D eigenvalue weighted by molar-refractivity contribution is -0.384. The molecule has 1 fully saturated rings. The Morgan fingerprint density at radius 2 is 1.81 bits per heavy atom. The zero-order chi connectivity index (χ0) is 21.8. The first-order chi connectivity index (χ1) is 15.0. The standard InChI is InChI=1S/C20H19FN6O3S/c21-14-5-7-15(8-6-14)22-19(28)20-24-23-18(31-20)13-25-9-11-26(12-10-25)16-3-1-2-4-17(16)27(29)30/h1-8H,9-13H2,(H,22,28). The summed E-state index contributed by atoms with van der Waals surface area (Å²) in [6, 6.07) is 12.2. The van der Waals surface area contributed by atoms with Crippen LogP contribution in [0.2, 0.25) is 0 Å². The summed E-state index contributed by atoms with van der Waals surface area (Å²) < 4.78 is 13.0. The van der Waals surface area contributed by atoms with Crippen molar-refractivity contribution in [2.24, 2.45) is 0 Å². The molecule has 1 saturated heterocycles. The van der Waals surface area contributed by atoms with Gasteiger partial charge < -0.3 is 10.2 Å². The Hall–Kier alpha value is -3.44. The van der Waals surface area contributed by atoms with Crippen molar-refractivity contribution in [2.45, 2.75) is 6.54 Å². The van der Waals surface area contributed by atoms with Crippen molar-refractivity contribution < 1.29 is 14.1 Å². The topological polar surface area (TPSA) is 104 Å². The highest BCUT2D eigenvalue weighted by Gasteiger charge is 2.24. The highest BCUT2D eigenvalue weighted by Crippen LogP contribution is 2.28. The number of nitro benzene ring substituents is 1. The molecule has 1 aliphatic heterocycles. The van der Waals surface area contributed by atoms with E-state index >= 15 is 0 Å². The number of anilines is 2. The first-order valence-electron chi connectivity index (χ1n) is 9.59. The summed E-state index contributed by atoms with van der Waals surface area (Å²) in [6.45, 7) is 3.28. The maximum absolute atomic E-state index is 13.0. The minimum absolute atomic E-state index is 0.108. The molecule has 9 nitrogen and oxygen atoms in total. The second kappa shape index (κ2) is 9.14. The number of nitro groups is 1. The van der Waals surface area contributed by atoms with Crippen LogP contribution in [0.5, 0.6) is 0 Å². The number of amides is 1. The first kappa shape index (κ1) is 20.8. The number of nitrogens with one attached hydrogen (secondary N) is 1. The maximum Gasteiger partial charge on any atom is 0.292 e. The van der Waals surface area contributed by atoms with Crippen LogP contribution in [-0.2, 0) is 6.54 Å². The summed E-state index contributed by atoms with van der Waals surface area (Å²) in [7, 11) is 0. The summed E-state index contributed by atoms with van der Waals surface area (Å²) >= 11 is 1.21. The van der Waals surface area contributed by atoms with Gasteiger partial charge in [0, 0.05) is 37.9 Å². The van der Waals surface area contributed by atoms with Crippen LogP contribution in [0.4, 0.5) is 21.5 Å². The van der Waals surface area contributed by atoms with Gasteiger partial charge >= 0.3 is 0 Å². The molecule has 0 saturated carbocycles. The lowest BCUT2D eigenvalue weighted by atomic mass is 10.2. The van der Waals surface area contributed by atoms with Crippen molar-refractivity contribution in [3.8, 4) is 0 Å². The molecule has 1 N–H and O–H groups in total. The lowest BCUT2D eigenvalue weighted by Gasteiger charge is -2.35. The normalized spacial score (nSPS) is 14.4. The van der Waals surface area contributed by atoms with E-state index in [-0.39, 0.29) is 21.4 Å². The van der Waals surface area contributed by atoms with E-state index in [4.69, 9.17) is 0 Å². The molecule has 1 aromatic heterocycles. The number of piperazine rings is 1. The number of benzene rings is 2. The van der Waals surface area contributed by atoms with E-state index in [0.29, 0.717) is 49.1 Å². The van der Waals surface area contributed by atoms with Crippen LogP contribution in [0.1, 0.15) is 14.8 Å². The van der Waals surface area contributed by atoms with Crippen LogP contribution in [0.25, 0.3) is 0 Å². The number of aromatic nitrogens is 2. The summed E-state index contributed by atoms with van der Waals surface area (Å²) in [6.07, 6.45) is 0. The van der Waals surface area contributed by atoms with E-state index in [2.05, 4.69) is 20.4 Å². The van der Waals surface area contributed by atoms with E-state index in [1.54, 1.807) is 18.2 Å². The number of para-hydroxylation sites is 2. The number of carbonyl (C=O) groups excluding carboxylic acids is 1. The van der Waals surface area contributed by atoms with Gasteiger partial charge in [-0.2, -0.15) is 0 Å². The molecule has 0 radical (unpaired) electrons. The molecule has 0 spiro atoms. The molecule has 1 amide bonds. The molecule has 2 aromatic carbocycles. The van der Waals surface area contributed by atoms with Crippen LogP contribution >= 0.6 is 11.3 Å². The van der Waals surface area contributed by atoms with Gasteiger partial charge in [-0.15, -0.1) is 10.2 Å². The summed E-state index contributed by atoms with van der Waals surface area (Å²) in [5, 5.41) is 22.9. The molecule has 31 heavy (non-hydrogen) atoms. The Morgan fingerprint density at radius 1 is 1.10 bits per heavy atom. The number of hydrogen-bond acceptors (Lipinski definition) is 8. The van der Waals surface area contributed by atoms with Crippen molar-refractivity contribution >= 4 is 34.3 Å². The number of hydrogen-bond donors (Lipinski definition) is 1. The van der Waals surface area contributed by atoms with Gasteiger partial charge in [0.1, 0.15) is 16.5 Å². The van der Waals surface area contributed by atoms with Crippen LogP contribution in [0, 0.1) is 15.9 Å². The average molecular weight is 442 g/mol. The smallest absolute Gasteiger partial charge is 0.292 e. The number of carbonyl (C=O) groups is 1. The van der Waals surface area contributed by atoms with E-state index in [0.717, 1.165) is 0 Å². The second-order valence-corrected chi connectivity index (χ2v) is 8.03. The molecule has 3 aromatic rings. The third-order valence-corrected chi connectivity index (χ3v) is 5.82. The van der Waals surface area contributed by atoms with Gasteiger partial charge in [0.15, 0.2) is 0 Å². The summed E-state index contributed by atoms with van der Waals surface area (Å²) in [4.78, 5) is 27.4. The highest BCUT2D eigenvalue weighted by molar-refractivity contribution is 7.13. The second-order valence-electron chi connectivity index (χ2n) is 6.97. The fraction of sp³-hybridized carbons (Fsp3) is 0.250. The van der Waals surface area contributed by atoms with E-state index < -0.39 is 5.91 Å². The SMILES string of the molecule is O=C(Nc1ccc(F)cc1)c1nnc(CN2CCN(c3ccccc3[N+](=O)[O-])CC2)s1. The van der Waals surface area contributed by atoms with Crippen molar-refractivity contribution in [2.75, 3.05) is 36.4 Å². The molecule has 0 atom stereocenters. The molecular formula is C20H19FN6O3S. The maximum atomic E-state index is 13.0. The van der Waals surface area contributed by atoms with Crippen LogP contribution in [-0.4, -0.2) is 52.1 Å². The van der Waals surface area contributed by atoms with Gasteiger partial charge in [0.2, 0.25) is 5.01 Å². The van der Waals surface area contributed by atoms with Gasteiger partial charge in [-0.25, -0.2) is 4.39 Å². The Morgan fingerprint density at radius 3 is 2.52 bits per heavy atom. The van der Waals surface area contributed by atoms with E-state index in [1.165, 1.54) is 41.7 Å². The Balaban J connectivity index is 1.32. The molecule has 1 aliphatic rings. The van der Waals surface area contributed by atoms with Crippen LogP contribution < -0.4 is 10.2 Å². The van der Waals surface area contributed by atoms with Gasteiger partial charge in [-0.3, -0.25) is 19.8 Å². The fourth-order valence-electron chi connectivity index (χ4n) is 3.35. The lowest BCUT2D eigenvalue weighted by Crippen LogP contribution is -2.46. The number of rotatable bonds is 6. The van der Waals surface area contributed by atoms with Crippen molar-refractivity contribution in [3.63, 3.8) is 0 Å². The molecule has 2 heterocycles. The van der Waals surface area contributed by atoms with Gasteiger partial charge in [0.05, 0.1) is 11.5 Å². The monoisotopic (exact) mass is 442 g/mol. The predicted octanol–water partition coefficient (Wildman–Crippen LogP) is 3.16. The van der Waals surface area contributed by atoms with Gasteiger partial charge in [-0.05, 0) is 30.3 Å². The van der Waals surface area contributed by atoms with Crippen molar-refractivity contribution in [3.05, 3.63) is 74.5 Å². The van der Waals surface area contributed by atoms with Crippen LogP contribution in [0.3, 0.4) is 0 Å². The summed E-state index contributed by atoms with van der Waals surface area (Å²) in [5.41, 5.74) is 1.22. The molecular weight excluding hydrogens is 423 g/mol. The Bertz CT molecular complexity index is 1080. The minimum Gasteiger partial charge on any atom is -0.363 e. The Kier molecular flexibility index (Phi) is 6.14. The van der Waals surface area contributed by atoms with Gasteiger partial charge in [0.25, 0.3) is 11.6 Å². The molecule has 0 unspecified atom stereocenters. The fourth-order valence-corrected chi connectivity index (χ4v) is 4.13. The van der Waals surface area contributed by atoms with E-state index in [1.807, 2.05) is 4.90 Å². The van der Waals surface area contributed by atoms with Crippen molar-refractivity contribution in [1.29, 1.82) is 0 Å². The number of nitrogens with zero attached hydrogens (tertiary/aromatic N) is 5. The zero-order valence-corrected chi connectivity index (χ0v) is 17.2. The third kappa shape index (κ3) is 5.01. The Labute approximate surface area is 181 Å². The van der Waals surface area contributed by atoms with E-state index in [9.17, 15) is 19.3 Å². The molecule has 11 heteroatoms. The highest BCUT2D eigenvalue weighted by atomic mass is 32.1. The zero-order valence-electron chi connectivity index (χ0n) is 16.4. The average Bonchev–Trinajstić information content (AvgIpc) is 3.24. The molecule has 160 valence electrons. The minimum atomic E-state index is -0.392. The largest absolute Gasteiger partial charge is 0.363 e. The van der Waals surface area contributed by atoms with Crippen LogP contribution in [0.15, 0.2) is 48.5 Å². The molecule has 0 aliphatic carbocycles.